The van der Waals surface area contributed by atoms with Gasteiger partial charge in [-0.05, 0) is 85.9 Å². The molecule has 0 aromatic rings. The van der Waals surface area contributed by atoms with Crippen molar-refractivity contribution < 1.29 is 14.7 Å². The van der Waals surface area contributed by atoms with Crippen LogP contribution in [0.15, 0.2) is 0 Å². The molecule has 0 saturated heterocycles. The van der Waals surface area contributed by atoms with E-state index in [0.717, 1.165) is 51.4 Å². The Hall–Kier alpha value is -0.700. The van der Waals surface area contributed by atoms with Crippen LogP contribution >= 0.6 is 0 Å². The van der Waals surface area contributed by atoms with Gasteiger partial charge in [-0.3, -0.25) is 9.59 Å². The van der Waals surface area contributed by atoms with Gasteiger partial charge in [-0.1, -0.05) is 40.5 Å². The SMILES string of the molecule is CC(C)CCC[C@](C)(O)[C@H]1C(=O)CC2C3CCC4CC(=O)CC[C@]4(C)C3CC[C@@]21C. The van der Waals surface area contributed by atoms with Crippen molar-refractivity contribution in [3.8, 4) is 0 Å². The molecule has 0 radical (unpaired) electrons. The van der Waals surface area contributed by atoms with Gasteiger partial charge >= 0.3 is 0 Å². The molecule has 170 valence electrons. The predicted octanol–water partition coefficient (Wildman–Crippen LogP) is 5.97. The first-order valence-electron chi connectivity index (χ1n) is 12.8. The van der Waals surface area contributed by atoms with Crippen molar-refractivity contribution in [2.24, 2.45) is 46.3 Å². The summed E-state index contributed by atoms with van der Waals surface area (Å²) >= 11 is 0. The Morgan fingerprint density at radius 1 is 1.03 bits per heavy atom. The van der Waals surface area contributed by atoms with Crippen molar-refractivity contribution in [1.29, 1.82) is 0 Å². The summed E-state index contributed by atoms with van der Waals surface area (Å²) < 4.78 is 0. The Morgan fingerprint density at radius 3 is 2.47 bits per heavy atom. The highest BCUT2D eigenvalue weighted by Crippen LogP contribution is 2.67. The molecule has 0 spiro atoms. The number of Topliss-reactive ketones (excluding diaryl/α,β-unsaturated/α-hetero) is 2. The Morgan fingerprint density at radius 2 is 1.77 bits per heavy atom. The third kappa shape index (κ3) is 3.51. The molecule has 0 aliphatic heterocycles. The molecule has 1 N–H and O–H groups in total. The number of carbonyl (C=O) groups excluding carboxylic acids is 2. The number of fused-ring (bicyclic) bond motifs is 5. The molecule has 30 heavy (non-hydrogen) atoms. The van der Waals surface area contributed by atoms with E-state index in [2.05, 4.69) is 27.7 Å². The van der Waals surface area contributed by atoms with E-state index in [1.807, 2.05) is 6.92 Å². The fraction of sp³-hybridized carbons (Fsp3) is 0.926. The number of hydrogen-bond acceptors (Lipinski definition) is 3. The zero-order valence-corrected chi connectivity index (χ0v) is 20.0. The van der Waals surface area contributed by atoms with Gasteiger partial charge in [0.1, 0.15) is 11.6 Å². The Kier molecular flexibility index (Phi) is 5.78. The molecule has 4 unspecified atom stereocenters. The van der Waals surface area contributed by atoms with Gasteiger partial charge < -0.3 is 5.11 Å². The van der Waals surface area contributed by atoms with Gasteiger partial charge in [-0.2, -0.15) is 0 Å². The Labute approximate surface area is 183 Å². The second kappa shape index (κ2) is 7.71. The standard InChI is InChI=1S/C27H44O3/c1-17(2)7-6-12-27(5,30)24-23(29)16-22-20-9-8-18-15-19(28)10-13-25(18,3)21(20)11-14-26(22,24)4/h17-18,20-22,24,30H,6-16H2,1-5H3/t18?,20?,21?,22?,24-,25-,26-,27-/m0/s1. The number of aliphatic hydroxyl groups is 1. The number of carbonyl (C=O) groups is 2. The first kappa shape index (κ1) is 22.5. The van der Waals surface area contributed by atoms with Crippen molar-refractivity contribution in [1.82, 2.24) is 0 Å². The van der Waals surface area contributed by atoms with Crippen LogP contribution in [0.4, 0.5) is 0 Å². The number of rotatable bonds is 5. The molecule has 0 aromatic carbocycles. The van der Waals surface area contributed by atoms with E-state index in [9.17, 15) is 14.7 Å². The van der Waals surface area contributed by atoms with Gasteiger partial charge in [0.2, 0.25) is 0 Å². The van der Waals surface area contributed by atoms with Crippen molar-refractivity contribution in [2.45, 2.75) is 111 Å². The molecule has 8 atom stereocenters. The van der Waals surface area contributed by atoms with Crippen molar-refractivity contribution in [3.05, 3.63) is 0 Å². The van der Waals surface area contributed by atoms with Gasteiger partial charge in [-0.15, -0.1) is 0 Å². The van der Waals surface area contributed by atoms with Crippen LogP contribution in [0, 0.1) is 46.3 Å². The lowest BCUT2D eigenvalue weighted by molar-refractivity contribution is -0.151. The van der Waals surface area contributed by atoms with Crippen molar-refractivity contribution in [3.63, 3.8) is 0 Å². The Bertz CT molecular complexity index is 694. The molecule has 0 aromatic heterocycles. The summed E-state index contributed by atoms with van der Waals surface area (Å²) in [5.41, 5.74) is -0.674. The van der Waals surface area contributed by atoms with E-state index < -0.39 is 5.60 Å². The highest BCUT2D eigenvalue weighted by molar-refractivity contribution is 5.86. The Balaban J connectivity index is 1.56. The van der Waals surface area contributed by atoms with E-state index >= 15 is 0 Å². The monoisotopic (exact) mass is 416 g/mol. The first-order valence-corrected chi connectivity index (χ1v) is 12.8. The molecule has 0 heterocycles. The van der Waals surface area contributed by atoms with Gasteiger partial charge in [0.25, 0.3) is 0 Å². The van der Waals surface area contributed by atoms with Crippen LogP contribution in [0.3, 0.4) is 0 Å². The van der Waals surface area contributed by atoms with Crippen LogP contribution < -0.4 is 0 Å². The summed E-state index contributed by atoms with van der Waals surface area (Å²) in [5.74, 6) is 3.43. The minimum absolute atomic E-state index is 0.0622. The molecule has 4 rings (SSSR count). The van der Waals surface area contributed by atoms with Crippen molar-refractivity contribution in [2.75, 3.05) is 0 Å². The highest BCUT2D eigenvalue weighted by Gasteiger charge is 2.65. The molecular formula is C27H44O3. The molecule has 3 nitrogen and oxygen atoms in total. The summed E-state index contributed by atoms with van der Waals surface area (Å²) in [7, 11) is 0. The molecule has 4 saturated carbocycles. The zero-order valence-electron chi connectivity index (χ0n) is 20.0. The van der Waals surface area contributed by atoms with E-state index in [1.54, 1.807) is 0 Å². The largest absolute Gasteiger partial charge is 0.389 e. The highest BCUT2D eigenvalue weighted by atomic mass is 16.3. The predicted molar refractivity (Wildman–Crippen MR) is 120 cm³/mol. The van der Waals surface area contributed by atoms with Crippen LogP contribution in [-0.4, -0.2) is 22.3 Å². The number of ketones is 2. The lowest BCUT2D eigenvalue weighted by Gasteiger charge is -2.60. The topological polar surface area (TPSA) is 54.4 Å². The van der Waals surface area contributed by atoms with Gasteiger partial charge in [0, 0.05) is 19.3 Å². The van der Waals surface area contributed by atoms with Crippen LogP contribution in [-0.2, 0) is 9.59 Å². The lowest BCUT2D eigenvalue weighted by Crippen LogP contribution is -2.55. The fourth-order valence-corrected chi connectivity index (χ4v) is 8.91. The van der Waals surface area contributed by atoms with Crippen LogP contribution in [0.1, 0.15) is 105 Å². The van der Waals surface area contributed by atoms with Crippen LogP contribution in [0.2, 0.25) is 0 Å². The van der Waals surface area contributed by atoms with Crippen LogP contribution in [0.25, 0.3) is 0 Å². The molecule has 3 heteroatoms. The second-order valence-corrected chi connectivity index (χ2v) is 12.7. The second-order valence-electron chi connectivity index (χ2n) is 12.7. The first-order chi connectivity index (χ1) is 14.0. The maximum atomic E-state index is 13.4. The molecule has 0 bridgehead atoms. The quantitative estimate of drug-likeness (QED) is 0.600. The average molecular weight is 417 g/mol. The van der Waals surface area contributed by atoms with Gasteiger partial charge in [-0.25, -0.2) is 0 Å². The summed E-state index contributed by atoms with van der Waals surface area (Å²) in [4.78, 5) is 25.5. The smallest absolute Gasteiger partial charge is 0.139 e. The normalized spacial score (nSPS) is 45.6. The van der Waals surface area contributed by atoms with E-state index in [4.69, 9.17) is 0 Å². The summed E-state index contributed by atoms with van der Waals surface area (Å²) in [6, 6.07) is 0. The van der Waals surface area contributed by atoms with E-state index in [-0.39, 0.29) is 16.7 Å². The van der Waals surface area contributed by atoms with Gasteiger partial charge in [0.05, 0.1) is 11.5 Å². The van der Waals surface area contributed by atoms with E-state index in [1.165, 1.54) is 12.8 Å². The zero-order chi connectivity index (χ0) is 21.9. The van der Waals surface area contributed by atoms with Crippen LogP contribution in [0.5, 0.6) is 0 Å². The lowest BCUT2D eigenvalue weighted by atomic mass is 9.44. The van der Waals surface area contributed by atoms with E-state index in [0.29, 0.717) is 47.6 Å². The van der Waals surface area contributed by atoms with Crippen molar-refractivity contribution >= 4 is 11.6 Å². The molecule has 0 amide bonds. The number of hydrogen-bond donors (Lipinski definition) is 1. The molecule has 4 aliphatic rings. The summed E-state index contributed by atoms with van der Waals surface area (Å²) in [6.07, 6.45) is 10.7. The summed E-state index contributed by atoms with van der Waals surface area (Å²) in [5, 5.41) is 11.5. The minimum Gasteiger partial charge on any atom is -0.389 e. The average Bonchev–Trinajstić information content (AvgIpc) is 2.92. The molecular weight excluding hydrogens is 372 g/mol. The maximum absolute atomic E-state index is 13.4. The molecule has 4 aliphatic carbocycles. The third-order valence-electron chi connectivity index (χ3n) is 10.4. The maximum Gasteiger partial charge on any atom is 0.139 e. The van der Waals surface area contributed by atoms with Gasteiger partial charge in [0.15, 0.2) is 0 Å². The third-order valence-corrected chi connectivity index (χ3v) is 10.4. The fourth-order valence-electron chi connectivity index (χ4n) is 8.91. The minimum atomic E-state index is -0.888. The summed E-state index contributed by atoms with van der Waals surface area (Å²) in [6.45, 7) is 11.2. The molecule has 4 fully saturated rings.